The Bertz CT molecular complexity index is 523. The molecule has 0 amide bonds. The van der Waals surface area contributed by atoms with Crippen LogP contribution in [0.3, 0.4) is 0 Å². The van der Waals surface area contributed by atoms with Crippen LogP contribution in [0.1, 0.15) is 0 Å². The largest absolute Gasteiger partial charge is 0.356 e. The second kappa shape index (κ2) is 8.43. The highest BCUT2D eigenvalue weighted by Crippen LogP contribution is 2.15. The molecule has 0 aliphatic rings. The molecule has 1 rings (SSSR count). The first kappa shape index (κ1) is 18.8. The third-order valence-electron chi connectivity index (χ3n) is 2.83. The maximum absolute atomic E-state index is 12.0. The molecule has 0 aliphatic heterocycles. The van der Waals surface area contributed by atoms with Gasteiger partial charge in [-0.2, -0.15) is 0 Å². The van der Waals surface area contributed by atoms with Crippen LogP contribution >= 0.6 is 15.9 Å². The minimum Gasteiger partial charge on any atom is -0.356 e. The summed E-state index contributed by atoms with van der Waals surface area (Å²) in [6, 6.07) is 7.68. The van der Waals surface area contributed by atoms with E-state index >= 15 is 0 Å². The first-order chi connectivity index (χ1) is 9.71. The van der Waals surface area contributed by atoms with Crippen molar-refractivity contribution in [1.29, 1.82) is 0 Å². The van der Waals surface area contributed by atoms with Crippen molar-refractivity contribution in [3.05, 3.63) is 28.7 Å². The molecule has 7 heteroatoms. The lowest BCUT2D eigenvalue weighted by molar-refractivity contribution is -0.0440. The van der Waals surface area contributed by atoms with Gasteiger partial charge >= 0.3 is 0 Å². The van der Waals surface area contributed by atoms with Gasteiger partial charge < -0.3 is 9.47 Å². The van der Waals surface area contributed by atoms with Crippen LogP contribution in [0.25, 0.3) is 0 Å². The summed E-state index contributed by atoms with van der Waals surface area (Å²) in [6.07, 6.45) is 0. The van der Waals surface area contributed by atoms with Gasteiger partial charge in [0, 0.05) is 19.2 Å². The lowest BCUT2D eigenvalue weighted by atomic mass is 10.4. The van der Waals surface area contributed by atoms with E-state index < -0.39 is 17.9 Å². The van der Waals surface area contributed by atoms with Crippen LogP contribution in [0.15, 0.2) is 33.6 Å². The maximum atomic E-state index is 12.0. The van der Waals surface area contributed by atoms with Crippen molar-refractivity contribution in [3.8, 4) is 0 Å². The fraction of sp³-hybridized carbons (Fsp3) is 0.571. The van der Waals surface area contributed by atoms with E-state index in [-0.39, 0.29) is 19.2 Å². The molecule has 0 heterocycles. The smallest absolute Gasteiger partial charge is 0.180 e. The molecule has 4 nitrogen and oxygen atoms in total. The maximum Gasteiger partial charge on any atom is 0.180 e. The number of ether oxygens (including phenoxy) is 2. The number of halogens is 1. The van der Waals surface area contributed by atoms with Crippen molar-refractivity contribution in [2.75, 3.05) is 25.8 Å². The zero-order valence-corrected chi connectivity index (χ0v) is 16.2. The van der Waals surface area contributed by atoms with Crippen molar-refractivity contribution in [1.82, 2.24) is 0 Å². The standard InChI is InChI=1S/C14H23BrO4SSi/c1-21(2,3)11-9-19-12-18-8-10-20(16,17)14-6-4-13(15)5-7-14/h4-7H,8-12H2,1-3H3. The molecule has 21 heavy (non-hydrogen) atoms. The zero-order chi connectivity index (χ0) is 15.9. The molecule has 120 valence electrons. The summed E-state index contributed by atoms with van der Waals surface area (Å²) in [5, 5.41) is 0. The Hall–Kier alpha value is -0.213. The molecule has 1 aromatic rings. The van der Waals surface area contributed by atoms with Crippen LogP contribution < -0.4 is 0 Å². The molecule has 0 saturated heterocycles. The van der Waals surface area contributed by atoms with Gasteiger partial charge in [-0.25, -0.2) is 8.42 Å². The first-order valence-corrected chi connectivity index (χ1v) is 13.0. The van der Waals surface area contributed by atoms with Crippen LogP contribution in [0.2, 0.25) is 25.7 Å². The molecule has 0 spiro atoms. The summed E-state index contributed by atoms with van der Waals surface area (Å²) in [5.74, 6) is -0.0357. The normalized spacial score (nSPS) is 12.6. The van der Waals surface area contributed by atoms with Crippen LogP contribution in [0, 0.1) is 0 Å². The molecule has 0 bridgehead atoms. The molecular weight excluding hydrogens is 372 g/mol. The van der Waals surface area contributed by atoms with Gasteiger partial charge in [-0.05, 0) is 30.3 Å². The average Bonchev–Trinajstić information content (AvgIpc) is 2.36. The number of hydrogen-bond donors (Lipinski definition) is 0. The van der Waals surface area contributed by atoms with Crippen LogP contribution in [0.4, 0.5) is 0 Å². The number of rotatable bonds is 9. The van der Waals surface area contributed by atoms with Gasteiger partial charge in [0.2, 0.25) is 0 Å². The molecule has 0 aromatic heterocycles. The lowest BCUT2D eigenvalue weighted by Gasteiger charge is -2.15. The second-order valence-electron chi connectivity index (χ2n) is 6.02. The van der Waals surface area contributed by atoms with E-state index in [1.54, 1.807) is 24.3 Å². The van der Waals surface area contributed by atoms with Crippen LogP contribution in [-0.2, 0) is 19.3 Å². The SMILES string of the molecule is C[Si](C)(C)CCOCOCCS(=O)(=O)c1ccc(Br)cc1. The summed E-state index contributed by atoms with van der Waals surface area (Å²) in [4.78, 5) is 0.314. The molecule has 0 saturated carbocycles. The van der Waals surface area contributed by atoms with E-state index in [9.17, 15) is 8.42 Å². The van der Waals surface area contributed by atoms with Crippen molar-refractivity contribution in [3.63, 3.8) is 0 Å². The Morgan fingerprint density at radius 1 is 1.05 bits per heavy atom. The topological polar surface area (TPSA) is 52.6 Å². The van der Waals surface area contributed by atoms with Crippen molar-refractivity contribution >= 4 is 33.8 Å². The van der Waals surface area contributed by atoms with Crippen molar-refractivity contribution in [2.45, 2.75) is 30.6 Å². The fourth-order valence-electron chi connectivity index (χ4n) is 1.48. The molecule has 0 radical (unpaired) electrons. The van der Waals surface area contributed by atoms with E-state index in [0.717, 1.165) is 10.5 Å². The Labute approximate surface area is 136 Å². The Balaban J connectivity index is 2.24. The number of sulfone groups is 1. The molecular formula is C14H23BrO4SSi. The summed E-state index contributed by atoms with van der Waals surface area (Å²) in [7, 11) is -4.37. The summed E-state index contributed by atoms with van der Waals surface area (Å²) in [6.45, 7) is 7.81. The van der Waals surface area contributed by atoms with Gasteiger partial charge in [-0.3, -0.25) is 0 Å². The fourth-order valence-corrected chi connectivity index (χ4v) is 3.63. The third kappa shape index (κ3) is 8.11. The van der Waals surface area contributed by atoms with E-state index in [4.69, 9.17) is 9.47 Å². The van der Waals surface area contributed by atoms with Crippen LogP contribution in [-0.4, -0.2) is 42.3 Å². The van der Waals surface area contributed by atoms with E-state index in [1.807, 2.05) is 0 Å². The van der Waals surface area contributed by atoms with Gasteiger partial charge in [-0.1, -0.05) is 35.6 Å². The Morgan fingerprint density at radius 3 is 2.19 bits per heavy atom. The lowest BCUT2D eigenvalue weighted by Crippen LogP contribution is -2.22. The summed E-state index contributed by atoms with van der Waals surface area (Å²) < 4.78 is 35.5. The van der Waals surface area contributed by atoms with Crippen LogP contribution in [0.5, 0.6) is 0 Å². The van der Waals surface area contributed by atoms with E-state index in [0.29, 0.717) is 11.5 Å². The quantitative estimate of drug-likeness (QED) is 0.365. The Kier molecular flexibility index (Phi) is 7.56. The highest BCUT2D eigenvalue weighted by Gasteiger charge is 2.14. The van der Waals surface area contributed by atoms with E-state index in [2.05, 4.69) is 35.6 Å². The van der Waals surface area contributed by atoms with Gasteiger partial charge in [0.25, 0.3) is 0 Å². The zero-order valence-electron chi connectivity index (χ0n) is 12.8. The monoisotopic (exact) mass is 394 g/mol. The molecule has 0 atom stereocenters. The first-order valence-electron chi connectivity index (χ1n) is 6.84. The number of hydrogen-bond acceptors (Lipinski definition) is 4. The third-order valence-corrected chi connectivity index (χ3v) is 6.76. The summed E-state index contributed by atoms with van der Waals surface area (Å²) >= 11 is 3.28. The van der Waals surface area contributed by atoms with Gasteiger partial charge in [-0.15, -0.1) is 0 Å². The van der Waals surface area contributed by atoms with Gasteiger partial charge in [0.05, 0.1) is 17.3 Å². The van der Waals surface area contributed by atoms with Crippen molar-refractivity contribution in [2.24, 2.45) is 0 Å². The highest BCUT2D eigenvalue weighted by atomic mass is 79.9. The minimum absolute atomic E-state index is 0.0357. The Morgan fingerprint density at radius 2 is 1.62 bits per heavy atom. The summed E-state index contributed by atoms with van der Waals surface area (Å²) in [5.41, 5.74) is 0. The number of benzene rings is 1. The average molecular weight is 395 g/mol. The molecule has 0 fully saturated rings. The predicted octanol–water partition coefficient (Wildman–Crippen LogP) is 3.55. The van der Waals surface area contributed by atoms with Gasteiger partial charge in [0.15, 0.2) is 9.84 Å². The molecule has 1 aromatic carbocycles. The molecule has 0 N–H and O–H groups in total. The minimum atomic E-state index is -3.29. The van der Waals surface area contributed by atoms with Crippen molar-refractivity contribution < 1.29 is 17.9 Å². The second-order valence-corrected chi connectivity index (χ2v) is 14.7. The highest BCUT2D eigenvalue weighted by molar-refractivity contribution is 9.10. The predicted molar refractivity (Wildman–Crippen MR) is 91.1 cm³/mol. The molecule has 0 unspecified atom stereocenters. The van der Waals surface area contributed by atoms with Gasteiger partial charge in [0.1, 0.15) is 6.79 Å². The van der Waals surface area contributed by atoms with E-state index in [1.165, 1.54) is 0 Å². The molecule has 0 aliphatic carbocycles.